The van der Waals surface area contributed by atoms with Crippen molar-refractivity contribution < 1.29 is 22.7 Å². The number of anilines is 1. The second-order valence-corrected chi connectivity index (χ2v) is 11.6. The van der Waals surface area contributed by atoms with Gasteiger partial charge in [0.05, 0.1) is 19.1 Å². The Hall–Kier alpha value is -2.78. The lowest BCUT2D eigenvalue weighted by molar-refractivity contribution is -0.141. The summed E-state index contributed by atoms with van der Waals surface area (Å²) in [6.07, 6.45) is 1.39. The molecule has 2 aromatic rings. The number of carbonyl (C=O) groups excluding carboxylic acids is 2. The Balaban J connectivity index is 2.44. The van der Waals surface area contributed by atoms with Gasteiger partial charge in [-0.2, -0.15) is 0 Å². The molecule has 0 bridgehead atoms. The molecular formula is C25H34ClN3O5S. The van der Waals surface area contributed by atoms with Gasteiger partial charge in [-0.05, 0) is 69.2 Å². The van der Waals surface area contributed by atoms with Crippen LogP contribution >= 0.6 is 11.6 Å². The lowest BCUT2D eigenvalue weighted by atomic mass is 10.1. The van der Waals surface area contributed by atoms with Gasteiger partial charge in [-0.1, -0.05) is 30.7 Å². The number of carbonyl (C=O) groups is 2. The zero-order chi connectivity index (χ0) is 26.4. The van der Waals surface area contributed by atoms with Gasteiger partial charge < -0.3 is 15.0 Å². The van der Waals surface area contributed by atoms with E-state index in [1.165, 1.54) is 12.0 Å². The zero-order valence-electron chi connectivity index (χ0n) is 21.0. The van der Waals surface area contributed by atoms with Crippen molar-refractivity contribution in [2.24, 2.45) is 0 Å². The van der Waals surface area contributed by atoms with Gasteiger partial charge >= 0.3 is 0 Å². The standard InChI is InChI=1S/C25H34ClN3O5S/c1-7-22(24(31)27-25(2,3)4)28(16-18-8-10-19(26)11-9-18)23(30)17-29(35(6,32)33)20-12-14-21(34-5)15-13-20/h8-15,22H,7,16-17H2,1-6H3,(H,27,31)/t22-/m1/s1. The van der Waals surface area contributed by atoms with Crippen LogP contribution in [0.25, 0.3) is 0 Å². The third-order valence-corrected chi connectivity index (χ3v) is 6.58. The van der Waals surface area contributed by atoms with Crippen LogP contribution in [-0.4, -0.2) is 56.6 Å². The first kappa shape index (κ1) is 28.5. The third-order valence-electron chi connectivity index (χ3n) is 5.19. The number of hydrogen-bond donors (Lipinski definition) is 1. The average Bonchev–Trinajstić information content (AvgIpc) is 2.76. The average molecular weight is 524 g/mol. The van der Waals surface area contributed by atoms with Gasteiger partial charge in [0, 0.05) is 17.1 Å². The monoisotopic (exact) mass is 523 g/mol. The topological polar surface area (TPSA) is 96.0 Å². The number of nitrogens with zero attached hydrogens (tertiary/aromatic N) is 2. The van der Waals surface area contributed by atoms with Crippen LogP contribution in [0.3, 0.4) is 0 Å². The number of benzene rings is 2. The molecule has 0 saturated carbocycles. The molecular weight excluding hydrogens is 490 g/mol. The van der Waals surface area contributed by atoms with Crippen molar-refractivity contribution in [3.05, 3.63) is 59.1 Å². The van der Waals surface area contributed by atoms with Crippen LogP contribution in [0, 0.1) is 0 Å². The number of nitrogens with one attached hydrogen (secondary N) is 1. The van der Waals surface area contributed by atoms with Gasteiger partial charge in [0.15, 0.2) is 0 Å². The normalized spacial score (nSPS) is 12.5. The maximum absolute atomic E-state index is 13.6. The van der Waals surface area contributed by atoms with Crippen molar-refractivity contribution in [2.75, 3.05) is 24.2 Å². The summed E-state index contributed by atoms with van der Waals surface area (Å²) in [6, 6.07) is 12.5. The maximum Gasteiger partial charge on any atom is 0.244 e. The Morgan fingerprint density at radius 2 is 1.63 bits per heavy atom. The zero-order valence-corrected chi connectivity index (χ0v) is 22.6. The van der Waals surface area contributed by atoms with Gasteiger partial charge in [-0.3, -0.25) is 13.9 Å². The highest BCUT2D eigenvalue weighted by molar-refractivity contribution is 7.92. The number of rotatable bonds is 10. The molecule has 0 aliphatic heterocycles. The summed E-state index contributed by atoms with van der Waals surface area (Å²) in [5, 5.41) is 3.48. The van der Waals surface area contributed by atoms with Crippen molar-refractivity contribution in [3.8, 4) is 5.75 Å². The molecule has 0 saturated heterocycles. The van der Waals surface area contributed by atoms with E-state index in [1.54, 1.807) is 48.5 Å². The van der Waals surface area contributed by atoms with E-state index in [0.29, 0.717) is 22.9 Å². The molecule has 0 aromatic heterocycles. The molecule has 1 N–H and O–H groups in total. The Morgan fingerprint density at radius 1 is 1.06 bits per heavy atom. The molecule has 0 aliphatic rings. The molecule has 2 rings (SSSR count). The molecule has 2 amide bonds. The summed E-state index contributed by atoms with van der Waals surface area (Å²) in [6.45, 7) is 7.05. The van der Waals surface area contributed by atoms with Crippen molar-refractivity contribution >= 4 is 39.1 Å². The largest absolute Gasteiger partial charge is 0.497 e. The molecule has 35 heavy (non-hydrogen) atoms. The molecule has 2 aromatic carbocycles. The van der Waals surface area contributed by atoms with Gasteiger partial charge in [0.1, 0.15) is 18.3 Å². The minimum absolute atomic E-state index is 0.117. The molecule has 0 fully saturated rings. The Labute approximate surface area is 213 Å². The molecule has 0 aliphatic carbocycles. The first-order valence-corrected chi connectivity index (χ1v) is 13.5. The fraction of sp³-hybridized carbons (Fsp3) is 0.440. The molecule has 0 heterocycles. The van der Waals surface area contributed by atoms with E-state index in [2.05, 4.69) is 5.32 Å². The van der Waals surface area contributed by atoms with E-state index < -0.39 is 34.1 Å². The third kappa shape index (κ3) is 8.43. The van der Waals surface area contributed by atoms with Crippen LogP contribution < -0.4 is 14.4 Å². The molecule has 1 atom stereocenters. The number of ether oxygens (including phenoxy) is 1. The van der Waals surface area contributed by atoms with E-state index in [9.17, 15) is 18.0 Å². The van der Waals surface area contributed by atoms with Crippen LogP contribution in [0.2, 0.25) is 5.02 Å². The Kier molecular flexibility index (Phi) is 9.57. The van der Waals surface area contributed by atoms with Crippen LogP contribution in [0.4, 0.5) is 5.69 Å². The van der Waals surface area contributed by atoms with Crippen molar-refractivity contribution in [1.82, 2.24) is 10.2 Å². The SMILES string of the molecule is CC[C@H](C(=O)NC(C)(C)C)N(Cc1ccc(Cl)cc1)C(=O)CN(c1ccc(OC)cc1)S(C)(=O)=O. The number of amides is 2. The second kappa shape index (κ2) is 11.8. The number of hydrogen-bond acceptors (Lipinski definition) is 5. The lowest BCUT2D eigenvalue weighted by Crippen LogP contribution is -2.55. The lowest BCUT2D eigenvalue weighted by Gasteiger charge is -2.34. The fourth-order valence-corrected chi connectivity index (χ4v) is 4.50. The first-order valence-electron chi connectivity index (χ1n) is 11.2. The van der Waals surface area contributed by atoms with E-state index in [4.69, 9.17) is 16.3 Å². The van der Waals surface area contributed by atoms with Crippen LogP contribution in [0.15, 0.2) is 48.5 Å². The van der Waals surface area contributed by atoms with Crippen LogP contribution in [-0.2, 0) is 26.2 Å². The van der Waals surface area contributed by atoms with E-state index in [0.717, 1.165) is 16.1 Å². The van der Waals surface area contributed by atoms with Crippen molar-refractivity contribution in [2.45, 2.75) is 52.2 Å². The van der Waals surface area contributed by atoms with Crippen LogP contribution in [0.5, 0.6) is 5.75 Å². The summed E-state index contributed by atoms with van der Waals surface area (Å²) in [4.78, 5) is 28.2. The molecule has 0 unspecified atom stereocenters. The Bertz CT molecular complexity index is 1110. The van der Waals surface area contributed by atoms with Gasteiger partial charge in [-0.25, -0.2) is 8.42 Å². The molecule has 10 heteroatoms. The number of sulfonamides is 1. The summed E-state index contributed by atoms with van der Waals surface area (Å²) < 4.78 is 31.4. The highest BCUT2D eigenvalue weighted by Crippen LogP contribution is 2.23. The highest BCUT2D eigenvalue weighted by atomic mass is 35.5. The smallest absolute Gasteiger partial charge is 0.244 e. The minimum atomic E-state index is -3.80. The fourth-order valence-electron chi connectivity index (χ4n) is 3.52. The van der Waals surface area contributed by atoms with Crippen LogP contribution in [0.1, 0.15) is 39.7 Å². The van der Waals surface area contributed by atoms with Crippen molar-refractivity contribution in [1.29, 1.82) is 0 Å². The van der Waals surface area contributed by atoms with Gasteiger partial charge in [0.2, 0.25) is 21.8 Å². The quantitative estimate of drug-likeness (QED) is 0.510. The van der Waals surface area contributed by atoms with E-state index >= 15 is 0 Å². The molecule has 8 nitrogen and oxygen atoms in total. The van der Waals surface area contributed by atoms with Crippen molar-refractivity contribution in [3.63, 3.8) is 0 Å². The molecule has 0 spiro atoms. The Morgan fingerprint density at radius 3 is 2.09 bits per heavy atom. The molecule has 0 radical (unpaired) electrons. The highest BCUT2D eigenvalue weighted by Gasteiger charge is 2.33. The number of halogens is 1. The summed E-state index contributed by atoms with van der Waals surface area (Å²) in [7, 11) is -2.29. The van der Waals surface area contributed by atoms with E-state index in [1.807, 2.05) is 27.7 Å². The minimum Gasteiger partial charge on any atom is -0.497 e. The predicted octanol–water partition coefficient (Wildman–Crippen LogP) is 3.84. The summed E-state index contributed by atoms with van der Waals surface area (Å²) in [5.41, 5.74) is 0.585. The van der Waals surface area contributed by atoms with Gasteiger partial charge in [-0.15, -0.1) is 0 Å². The van der Waals surface area contributed by atoms with E-state index in [-0.39, 0.29) is 12.5 Å². The molecule has 192 valence electrons. The maximum atomic E-state index is 13.6. The first-order chi connectivity index (χ1) is 16.2. The number of methoxy groups -OCH3 is 1. The summed E-state index contributed by atoms with van der Waals surface area (Å²) >= 11 is 6.01. The predicted molar refractivity (Wildman–Crippen MR) is 139 cm³/mol. The second-order valence-electron chi connectivity index (χ2n) is 9.28. The summed E-state index contributed by atoms with van der Waals surface area (Å²) in [5.74, 6) is -0.252. The van der Waals surface area contributed by atoms with Gasteiger partial charge in [0.25, 0.3) is 0 Å².